The van der Waals surface area contributed by atoms with Crippen LogP contribution in [0.15, 0.2) is 42.5 Å². The Hall–Kier alpha value is -2.53. The molecule has 3 rings (SSSR count). The summed E-state index contributed by atoms with van der Waals surface area (Å²) in [6.45, 7) is 4.46. The SMILES string of the molecule is COC(=O)c1ccc2c(c1)O[C@H](C)CN(Cc1ccc(OC)cc1)C2. The average Bonchev–Trinajstić information content (AvgIpc) is 2.78. The zero-order valence-corrected chi connectivity index (χ0v) is 14.8. The van der Waals surface area contributed by atoms with Gasteiger partial charge in [0.05, 0.1) is 19.8 Å². The van der Waals surface area contributed by atoms with Gasteiger partial charge in [-0.1, -0.05) is 18.2 Å². The van der Waals surface area contributed by atoms with Crippen LogP contribution in [0.3, 0.4) is 0 Å². The molecule has 0 saturated carbocycles. The first kappa shape index (κ1) is 17.3. The molecule has 0 spiro atoms. The predicted octanol–water partition coefficient (Wildman–Crippen LogP) is 3.26. The molecule has 5 heteroatoms. The van der Waals surface area contributed by atoms with Crippen molar-refractivity contribution in [3.8, 4) is 11.5 Å². The Morgan fingerprint density at radius 1 is 1.20 bits per heavy atom. The molecule has 5 nitrogen and oxygen atoms in total. The van der Waals surface area contributed by atoms with Gasteiger partial charge in [-0.05, 0) is 36.8 Å². The van der Waals surface area contributed by atoms with E-state index in [-0.39, 0.29) is 12.1 Å². The number of fused-ring (bicyclic) bond motifs is 1. The molecular formula is C20H23NO4. The molecule has 1 heterocycles. The van der Waals surface area contributed by atoms with Crippen LogP contribution in [0, 0.1) is 0 Å². The number of nitrogens with zero attached hydrogens (tertiary/aromatic N) is 1. The van der Waals surface area contributed by atoms with E-state index >= 15 is 0 Å². The van der Waals surface area contributed by atoms with Crippen LogP contribution in [0.25, 0.3) is 0 Å². The van der Waals surface area contributed by atoms with E-state index in [1.807, 2.05) is 25.1 Å². The van der Waals surface area contributed by atoms with Gasteiger partial charge in [0.1, 0.15) is 17.6 Å². The fourth-order valence-electron chi connectivity index (χ4n) is 3.07. The number of methoxy groups -OCH3 is 2. The Morgan fingerprint density at radius 2 is 1.96 bits per heavy atom. The minimum absolute atomic E-state index is 0.0346. The number of carbonyl (C=O) groups excluding carboxylic acids is 1. The summed E-state index contributed by atoms with van der Waals surface area (Å²) < 4.78 is 16.0. The van der Waals surface area contributed by atoms with Gasteiger partial charge in [-0.3, -0.25) is 4.90 Å². The highest BCUT2D eigenvalue weighted by Gasteiger charge is 2.21. The summed E-state index contributed by atoms with van der Waals surface area (Å²) in [6, 6.07) is 13.6. The molecule has 2 aromatic carbocycles. The lowest BCUT2D eigenvalue weighted by atomic mass is 10.1. The molecule has 1 atom stereocenters. The number of esters is 1. The van der Waals surface area contributed by atoms with Gasteiger partial charge in [0, 0.05) is 25.2 Å². The van der Waals surface area contributed by atoms with Gasteiger partial charge in [-0.15, -0.1) is 0 Å². The third kappa shape index (κ3) is 4.12. The van der Waals surface area contributed by atoms with Gasteiger partial charge in [-0.25, -0.2) is 4.79 Å². The van der Waals surface area contributed by atoms with Crippen molar-refractivity contribution in [1.29, 1.82) is 0 Å². The van der Waals surface area contributed by atoms with E-state index in [4.69, 9.17) is 14.2 Å². The highest BCUT2D eigenvalue weighted by atomic mass is 16.5. The normalized spacial score (nSPS) is 17.2. The second kappa shape index (κ2) is 7.57. The van der Waals surface area contributed by atoms with Gasteiger partial charge >= 0.3 is 5.97 Å². The van der Waals surface area contributed by atoms with Gasteiger partial charge < -0.3 is 14.2 Å². The monoisotopic (exact) mass is 341 g/mol. The van der Waals surface area contributed by atoms with Gasteiger partial charge in [0.25, 0.3) is 0 Å². The van der Waals surface area contributed by atoms with Gasteiger partial charge in [0.15, 0.2) is 0 Å². The smallest absolute Gasteiger partial charge is 0.337 e. The predicted molar refractivity (Wildman–Crippen MR) is 95.0 cm³/mol. The van der Waals surface area contributed by atoms with E-state index in [1.54, 1.807) is 19.2 Å². The maximum absolute atomic E-state index is 11.7. The molecule has 1 aliphatic rings. The lowest BCUT2D eigenvalue weighted by molar-refractivity contribution is 0.0600. The van der Waals surface area contributed by atoms with Crippen molar-refractivity contribution in [2.24, 2.45) is 0 Å². The maximum Gasteiger partial charge on any atom is 0.337 e. The Bertz CT molecular complexity index is 742. The number of benzene rings is 2. The largest absolute Gasteiger partial charge is 0.497 e. The minimum Gasteiger partial charge on any atom is -0.497 e. The van der Waals surface area contributed by atoms with Crippen LogP contribution in [-0.2, 0) is 17.8 Å². The van der Waals surface area contributed by atoms with Gasteiger partial charge in [-0.2, -0.15) is 0 Å². The summed E-state index contributed by atoms with van der Waals surface area (Å²) in [5, 5.41) is 0. The lowest BCUT2D eigenvalue weighted by Crippen LogP contribution is -2.30. The number of rotatable bonds is 4. The molecule has 0 unspecified atom stereocenters. The number of hydrogen-bond acceptors (Lipinski definition) is 5. The lowest BCUT2D eigenvalue weighted by Gasteiger charge is -2.22. The van der Waals surface area contributed by atoms with Crippen molar-refractivity contribution in [2.45, 2.75) is 26.1 Å². The zero-order chi connectivity index (χ0) is 17.8. The molecule has 0 bridgehead atoms. The quantitative estimate of drug-likeness (QED) is 0.799. The van der Waals surface area contributed by atoms with Crippen LogP contribution >= 0.6 is 0 Å². The molecule has 0 fully saturated rings. The molecular weight excluding hydrogens is 318 g/mol. The molecule has 1 aliphatic heterocycles. The van der Waals surface area contributed by atoms with Crippen molar-refractivity contribution in [3.63, 3.8) is 0 Å². The van der Waals surface area contributed by atoms with Crippen LogP contribution < -0.4 is 9.47 Å². The summed E-state index contributed by atoms with van der Waals surface area (Å²) in [5.41, 5.74) is 2.81. The first-order valence-corrected chi connectivity index (χ1v) is 8.32. The fourth-order valence-corrected chi connectivity index (χ4v) is 3.07. The molecule has 0 aliphatic carbocycles. The first-order chi connectivity index (χ1) is 12.1. The molecule has 0 N–H and O–H groups in total. The summed E-state index contributed by atoms with van der Waals surface area (Å²) in [7, 11) is 3.05. The van der Waals surface area contributed by atoms with E-state index in [2.05, 4.69) is 17.0 Å². The van der Waals surface area contributed by atoms with Crippen LogP contribution in [0.2, 0.25) is 0 Å². The number of ether oxygens (including phenoxy) is 3. The molecule has 25 heavy (non-hydrogen) atoms. The number of carbonyl (C=O) groups is 1. The van der Waals surface area contributed by atoms with Crippen LogP contribution in [0.5, 0.6) is 11.5 Å². The van der Waals surface area contributed by atoms with E-state index < -0.39 is 0 Å². The van der Waals surface area contributed by atoms with Crippen LogP contribution in [0.4, 0.5) is 0 Å². The van der Waals surface area contributed by atoms with Crippen molar-refractivity contribution in [3.05, 3.63) is 59.2 Å². The molecule has 0 radical (unpaired) electrons. The molecule has 2 aromatic rings. The standard InChI is InChI=1S/C20H23NO4/c1-14-11-21(12-15-4-8-18(23-2)9-5-15)13-17-7-6-16(20(22)24-3)10-19(17)25-14/h4-10,14H,11-13H2,1-3H3/t14-/m1/s1. The fraction of sp³-hybridized carbons (Fsp3) is 0.350. The van der Waals surface area contributed by atoms with Gasteiger partial charge in [0.2, 0.25) is 0 Å². The van der Waals surface area contributed by atoms with Crippen LogP contribution in [0.1, 0.15) is 28.4 Å². The summed E-state index contributed by atoms with van der Waals surface area (Å²) in [6.07, 6.45) is 0.0346. The first-order valence-electron chi connectivity index (χ1n) is 8.32. The van der Waals surface area contributed by atoms with Crippen LogP contribution in [-0.4, -0.2) is 37.7 Å². The van der Waals surface area contributed by atoms with Crippen molar-refractivity contribution >= 4 is 5.97 Å². The highest BCUT2D eigenvalue weighted by Crippen LogP contribution is 2.28. The minimum atomic E-state index is -0.349. The Morgan fingerprint density at radius 3 is 2.64 bits per heavy atom. The second-order valence-corrected chi connectivity index (χ2v) is 6.26. The topological polar surface area (TPSA) is 48.0 Å². The van der Waals surface area contributed by atoms with Crippen molar-refractivity contribution < 1.29 is 19.0 Å². The Kier molecular flexibility index (Phi) is 5.24. The number of hydrogen-bond donors (Lipinski definition) is 0. The second-order valence-electron chi connectivity index (χ2n) is 6.26. The van der Waals surface area contributed by atoms with E-state index in [9.17, 15) is 4.79 Å². The zero-order valence-electron chi connectivity index (χ0n) is 14.8. The summed E-state index contributed by atoms with van der Waals surface area (Å²) in [4.78, 5) is 14.1. The summed E-state index contributed by atoms with van der Waals surface area (Å²) >= 11 is 0. The maximum atomic E-state index is 11.7. The van der Waals surface area contributed by atoms with Crippen molar-refractivity contribution in [2.75, 3.05) is 20.8 Å². The van der Waals surface area contributed by atoms with Crippen molar-refractivity contribution in [1.82, 2.24) is 4.90 Å². The third-order valence-electron chi connectivity index (χ3n) is 4.29. The Labute approximate surface area is 148 Å². The molecule has 0 aromatic heterocycles. The van der Waals surface area contributed by atoms with E-state index in [0.717, 1.165) is 36.7 Å². The molecule has 132 valence electrons. The average molecular weight is 341 g/mol. The highest BCUT2D eigenvalue weighted by molar-refractivity contribution is 5.89. The van der Waals surface area contributed by atoms with E-state index in [1.165, 1.54) is 12.7 Å². The molecule has 0 saturated heterocycles. The van der Waals surface area contributed by atoms with E-state index in [0.29, 0.717) is 5.56 Å². The molecule has 0 amide bonds. The third-order valence-corrected chi connectivity index (χ3v) is 4.29. The summed E-state index contributed by atoms with van der Waals surface area (Å²) in [5.74, 6) is 1.27. The Balaban J connectivity index is 1.78.